The first kappa shape index (κ1) is 29.9. The highest BCUT2D eigenvalue weighted by atomic mass is 32.2. The van der Waals surface area contributed by atoms with Crippen LogP contribution in [0.3, 0.4) is 0 Å². The van der Waals surface area contributed by atoms with Gasteiger partial charge in [-0.05, 0) is 49.7 Å². The minimum absolute atomic E-state index is 0.0149. The van der Waals surface area contributed by atoms with Gasteiger partial charge < -0.3 is 10.1 Å². The number of thiazole rings is 1. The summed E-state index contributed by atoms with van der Waals surface area (Å²) < 4.78 is 69.5. The lowest BCUT2D eigenvalue weighted by Crippen LogP contribution is -2.50. The molecule has 1 fully saturated rings. The summed E-state index contributed by atoms with van der Waals surface area (Å²) in [5.41, 5.74) is -0.674. The highest BCUT2D eigenvalue weighted by Gasteiger charge is 2.56. The number of alkyl halides is 3. The van der Waals surface area contributed by atoms with Gasteiger partial charge in [0.15, 0.2) is 20.6 Å². The van der Waals surface area contributed by atoms with Gasteiger partial charge in [-0.15, -0.1) is 11.3 Å². The molecule has 0 spiro atoms. The molecule has 3 heterocycles. The molecule has 39 heavy (non-hydrogen) atoms. The van der Waals surface area contributed by atoms with Gasteiger partial charge in [0, 0.05) is 37.0 Å². The number of fused-ring (bicyclic) bond motifs is 1. The van der Waals surface area contributed by atoms with Crippen LogP contribution in [-0.4, -0.2) is 60.4 Å². The van der Waals surface area contributed by atoms with E-state index in [1.165, 1.54) is 29.7 Å². The normalized spacial score (nSPS) is 24.2. The van der Waals surface area contributed by atoms with Gasteiger partial charge in [-0.3, -0.25) is 14.7 Å². The summed E-state index contributed by atoms with van der Waals surface area (Å²) in [6.45, 7) is 7.09. The predicted octanol–water partition coefficient (Wildman–Crippen LogP) is 5.16. The van der Waals surface area contributed by atoms with Crippen LogP contribution in [0, 0.1) is 11.8 Å². The van der Waals surface area contributed by atoms with Crippen LogP contribution in [0.1, 0.15) is 68.8 Å². The maximum absolute atomic E-state index is 13.6. The Morgan fingerprint density at radius 1 is 1.28 bits per heavy atom. The minimum Gasteiger partial charge on any atom is -0.369 e. The number of methoxy groups -OCH3 is 1. The summed E-state index contributed by atoms with van der Waals surface area (Å²) in [4.78, 5) is 25.0. The van der Waals surface area contributed by atoms with E-state index in [0.29, 0.717) is 36.8 Å². The number of aromatic nitrogens is 2. The van der Waals surface area contributed by atoms with Crippen molar-refractivity contribution in [3.05, 3.63) is 34.6 Å². The topological polar surface area (TPSA) is 101 Å². The van der Waals surface area contributed by atoms with Gasteiger partial charge in [0.2, 0.25) is 5.91 Å². The Bertz CT molecular complexity index is 1270. The van der Waals surface area contributed by atoms with Crippen LogP contribution < -0.4 is 5.32 Å². The van der Waals surface area contributed by atoms with Gasteiger partial charge in [0.1, 0.15) is 0 Å². The van der Waals surface area contributed by atoms with E-state index in [4.69, 9.17) is 9.72 Å². The molecular weight excluding hydrogens is 553 g/mol. The summed E-state index contributed by atoms with van der Waals surface area (Å²) in [6.07, 6.45) is -2.26. The van der Waals surface area contributed by atoms with Crippen molar-refractivity contribution < 1.29 is 31.1 Å². The van der Waals surface area contributed by atoms with Crippen molar-refractivity contribution in [2.45, 2.75) is 82.1 Å². The number of carbonyl (C=O) groups excluding carboxylic acids is 1. The number of nitrogens with zero attached hydrogens (tertiary/aromatic N) is 3. The molecule has 1 N–H and O–H groups in total. The zero-order valence-corrected chi connectivity index (χ0v) is 24.2. The smallest absolute Gasteiger partial charge is 0.369 e. The Kier molecular flexibility index (Phi) is 8.75. The molecule has 1 atom stereocenters. The highest BCUT2D eigenvalue weighted by molar-refractivity contribution is 7.91. The van der Waals surface area contributed by atoms with Crippen molar-refractivity contribution in [1.82, 2.24) is 14.9 Å². The van der Waals surface area contributed by atoms with Crippen LogP contribution in [0.25, 0.3) is 0 Å². The third-order valence-corrected chi connectivity index (χ3v) is 10.5. The highest BCUT2D eigenvalue weighted by Crippen LogP contribution is 2.48. The lowest BCUT2D eigenvalue weighted by atomic mass is 9.78. The molecule has 8 nitrogen and oxygen atoms in total. The SMILES string of the molecule is CCS(=O)(=O)c1ccc(CC(=O)Nc2nc3c(s2)CN(C[C@H]2CC[C@](OC)(C(F)(F)F)CC2)[C@H]3C(C)C)nc1. The Morgan fingerprint density at radius 2 is 1.97 bits per heavy atom. The van der Waals surface area contributed by atoms with Crippen molar-refractivity contribution in [2.24, 2.45) is 11.8 Å². The fourth-order valence-corrected chi connectivity index (χ4v) is 7.45. The van der Waals surface area contributed by atoms with E-state index in [1.54, 1.807) is 6.92 Å². The fraction of sp³-hybridized carbons (Fsp3) is 0.654. The van der Waals surface area contributed by atoms with Gasteiger partial charge in [-0.1, -0.05) is 20.8 Å². The average Bonchev–Trinajstić information content (AvgIpc) is 3.40. The zero-order valence-electron chi connectivity index (χ0n) is 22.5. The zero-order chi connectivity index (χ0) is 28.6. The van der Waals surface area contributed by atoms with E-state index in [-0.39, 0.29) is 53.7 Å². The first-order chi connectivity index (χ1) is 18.3. The number of rotatable bonds is 9. The largest absolute Gasteiger partial charge is 0.417 e. The lowest BCUT2D eigenvalue weighted by Gasteiger charge is -2.41. The Morgan fingerprint density at radius 3 is 2.51 bits per heavy atom. The van der Waals surface area contributed by atoms with E-state index < -0.39 is 21.6 Å². The number of halogens is 3. The summed E-state index contributed by atoms with van der Waals surface area (Å²) in [5, 5.41) is 3.33. The van der Waals surface area contributed by atoms with E-state index in [0.717, 1.165) is 17.7 Å². The number of carbonyl (C=O) groups is 1. The van der Waals surface area contributed by atoms with Crippen LogP contribution in [0.2, 0.25) is 0 Å². The number of hydrogen-bond donors (Lipinski definition) is 1. The van der Waals surface area contributed by atoms with Crippen LogP contribution in [0.5, 0.6) is 0 Å². The first-order valence-corrected chi connectivity index (χ1v) is 15.6. The van der Waals surface area contributed by atoms with E-state index in [9.17, 15) is 26.4 Å². The molecule has 0 unspecified atom stereocenters. The summed E-state index contributed by atoms with van der Waals surface area (Å²) in [5.74, 6) is 0.0604. The second-order valence-electron chi connectivity index (χ2n) is 10.7. The van der Waals surface area contributed by atoms with Crippen molar-refractivity contribution in [3.8, 4) is 0 Å². The number of anilines is 1. The molecule has 0 radical (unpaired) electrons. The molecule has 2 aromatic rings. The molecule has 1 saturated carbocycles. The molecule has 2 aromatic heterocycles. The molecule has 4 rings (SSSR count). The Labute approximate surface area is 231 Å². The Hall–Kier alpha value is -2.09. The van der Waals surface area contributed by atoms with Crippen LogP contribution in [0.4, 0.5) is 18.3 Å². The molecule has 13 heteroatoms. The second-order valence-corrected chi connectivity index (χ2v) is 14.1. The molecular formula is C26H35F3N4O4S2. The molecule has 216 valence electrons. The van der Waals surface area contributed by atoms with Crippen molar-refractivity contribution in [2.75, 3.05) is 24.7 Å². The molecule has 1 amide bonds. The quantitative estimate of drug-likeness (QED) is 0.432. The minimum atomic E-state index is -4.37. The van der Waals surface area contributed by atoms with Crippen molar-refractivity contribution in [1.29, 1.82) is 0 Å². The molecule has 1 aliphatic heterocycles. The number of nitrogens with one attached hydrogen (secondary N) is 1. The number of pyridine rings is 1. The summed E-state index contributed by atoms with van der Waals surface area (Å²) >= 11 is 1.41. The number of ether oxygens (including phenoxy) is 1. The van der Waals surface area contributed by atoms with Gasteiger partial charge in [-0.25, -0.2) is 13.4 Å². The standard InChI is InChI=1S/C26H35F3N4O4S2/c1-5-39(35,36)19-7-6-18(30-13-19)12-21(34)31-24-32-22-20(38-24)15-33(23(22)16(2)3)14-17-8-10-25(37-4,11-9-17)26(27,28)29/h6-7,13,16-17,23H,5,8-12,14-15H2,1-4H3,(H,31,32,34)/t17-,23-,25+/m0/s1. The molecule has 1 aliphatic carbocycles. The van der Waals surface area contributed by atoms with Gasteiger partial charge in [0.25, 0.3) is 0 Å². The molecule has 0 bridgehead atoms. The van der Waals surface area contributed by atoms with E-state index >= 15 is 0 Å². The average molecular weight is 589 g/mol. The van der Waals surface area contributed by atoms with Gasteiger partial charge in [-0.2, -0.15) is 13.2 Å². The van der Waals surface area contributed by atoms with Crippen molar-refractivity contribution in [3.63, 3.8) is 0 Å². The van der Waals surface area contributed by atoms with Gasteiger partial charge >= 0.3 is 6.18 Å². The molecule has 2 aliphatic rings. The van der Waals surface area contributed by atoms with E-state index in [2.05, 4.69) is 29.0 Å². The number of sulfone groups is 1. The maximum Gasteiger partial charge on any atom is 0.417 e. The van der Waals surface area contributed by atoms with Gasteiger partial charge in [0.05, 0.1) is 28.8 Å². The number of amides is 1. The van der Waals surface area contributed by atoms with E-state index in [1.807, 2.05) is 0 Å². The Balaban J connectivity index is 1.36. The van der Waals surface area contributed by atoms with Crippen molar-refractivity contribution >= 4 is 32.2 Å². The maximum atomic E-state index is 13.6. The summed E-state index contributed by atoms with van der Waals surface area (Å²) in [6, 6.07) is 3.01. The third kappa shape index (κ3) is 6.31. The predicted molar refractivity (Wildman–Crippen MR) is 142 cm³/mol. The second kappa shape index (κ2) is 11.4. The first-order valence-electron chi connectivity index (χ1n) is 13.1. The molecule has 0 saturated heterocycles. The summed E-state index contributed by atoms with van der Waals surface area (Å²) in [7, 11) is -2.21. The van der Waals surface area contributed by atoms with Crippen LogP contribution >= 0.6 is 11.3 Å². The third-order valence-electron chi connectivity index (χ3n) is 7.82. The van der Waals surface area contributed by atoms with Crippen LogP contribution in [-0.2, 0) is 32.3 Å². The number of hydrogen-bond acceptors (Lipinski definition) is 8. The monoisotopic (exact) mass is 588 g/mol. The fourth-order valence-electron chi connectivity index (χ4n) is 5.59. The molecule has 0 aromatic carbocycles. The van der Waals surface area contributed by atoms with Crippen LogP contribution in [0.15, 0.2) is 23.2 Å². The lowest BCUT2D eigenvalue weighted by molar-refractivity contribution is -0.282.